The molecule has 0 bridgehead atoms. The number of halogens is 1. The molecule has 0 amide bonds. The normalized spacial score (nSPS) is 13.1. The van der Waals surface area contributed by atoms with Gasteiger partial charge in [0.15, 0.2) is 0 Å². The van der Waals surface area contributed by atoms with Crippen molar-refractivity contribution in [2.45, 2.75) is 46.1 Å². The molecule has 0 aromatic heterocycles. The van der Waals surface area contributed by atoms with E-state index >= 15 is 0 Å². The Morgan fingerprint density at radius 3 is 2.44 bits per heavy atom. The maximum atomic E-state index is 13.2. The van der Waals surface area contributed by atoms with Crippen LogP contribution in [0, 0.1) is 5.82 Å². The summed E-state index contributed by atoms with van der Waals surface area (Å²) in [6.45, 7) is 9.48. The van der Waals surface area contributed by atoms with Gasteiger partial charge in [0, 0.05) is 6.04 Å². The number of benzene rings is 1. The molecule has 0 aliphatic carbocycles. The Morgan fingerprint density at radius 2 is 1.88 bits per heavy atom. The molecule has 0 saturated carbocycles. The van der Waals surface area contributed by atoms with Crippen LogP contribution in [0.2, 0.25) is 0 Å². The van der Waals surface area contributed by atoms with Gasteiger partial charge in [0.1, 0.15) is 5.82 Å². The van der Waals surface area contributed by atoms with Crippen LogP contribution in [0.4, 0.5) is 4.39 Å². The highest BCUT2D eigenvalue weighted by Gasteiger charge is 2.13. The topological polar surface area (TPSA) is 12.0 Å². The number of rotatable bonds is 5. The van der Waals surface area contributed by atoms with Gasteiger partial charge in [-0.15, -0.1) is 0 Å². The molecule has 0 saturated heterocycles. The van der Waals surface area contributed by atoms with Crippen molar-refractivity contribution in [1.82, 2.24) is 5.32 Å². The van der Waals surface area contributed by atoms with Crippen LogP contribution in [-0.4, -0.2) is 6.54 Å². The maximum Gasteiger partial charge on any atom is 0.123 e. The second-order valence-corrected chi connectivity index (χ2v) is 4.60. The molecule has 1 unspecified atom stereocenters. The third-order valence-electron chi connectivity index (χ3n) is 2.84. The lowest BCUT2D eigenvalue weighted by molar-refractivity contribution is 0.559. The molecule has 1 aromatic carbocycles. The zero-order chi connectivity index (χ0) is 12.1. The quantitative estimate of drug-likeness (QED) is 0.795. The summed E-state index contributed by atoms with van der Waals surface area (Å²) in [5, 5.41) is 3.44. The molecule has 2 heteroatoms. The lowest BCUT2D eigenvalue weighted by Gasteiger charge is -2.20. The lowest BCUT2D eigenvalue weighted by Crippen LogP contribution is -2.20. The van der Waals surface area contributed by atoms with E-state index in [2.05, 4.69) is 33.0 Å². The van der Waals surface area contributed by atoms with Crippen molar-refractivity contribution in [3.63, 3.8) is 0 Å². The summed E-state index contributed by atoms with van der Waals surface area (Å²) in [5.41, 5.74) is 2.32. The highest BCUT2D eigenvalue weighted by molar-refractivity contribution is 5.32. The van der Waals surface area contributed by atoms with E-state index in [1.807, 2.05) is 6.07 Å². The van der Waals surface area contributed by atoms with Crippen molar-refractivity contribution in [3.8, 4) is 0 Å². The zero-order valence-corrected chi connectivity index (χ0v) is 10.7. The molecule has 1 N–H and O–H groups in total. The Bertz CT molecular complexity index is 334. The van der Waals surface area contributed by atoms with Crippen LogP contribution < -0.4 is 5.32 Å². The summed E-state index contributed by atoms with van der Waals surface area (Å²) < 4.78 is 13.2. The average molecular weight is 223 g/mol. The first-order chi connectivity index (χ1) is 7.56. The Morgan fingerprint density at radius 1 is 1.19 bits per heavy atom. The van der Waals surface area contributed by atoms with Gasteiger partial charge in [-0.3, -0.25) is 0 Å². The lowest BCUT2D eigenvalue weighted by atomic mass is 9.93. The van der Waals surface area contributed by atoms with Gasteiger partial charge < -0.3 is 5.32 Å². The molecule has 0 heterocycles. The summed E-state index contributed by atoms with van der Waals surface area (Å²) in [6, 6.07) is 5.39. The van der Waals surface area contributed by atoms with Crippen LogP contribution in [0.5, 0.6) is 0 Å². The Kier molecular flexibility index (Phi) is 4.94. The van der Waals surface area contributed by atoms with Crippen molar-refractivity contribution in [2.24, 2.45) is 0 Å². The minimum absolute atomic E-state index is 0.143. The molecule has 0 fully saturated rings. The van der Waals surface area contributed by atoms with Crippen molar-refractivity contribution in [2.75, 3.05) is 6.54 Å². The molecule has 16 heavy (non-hydrogen) atoms. The van der Waals surface area contributed by atoms with Crippen molar-refractivity contribution < 1.29 is 4.39 Å². The van der Waals surface area contributed by atoms with E-state index < -0.39 is 0 Å². The molecule has 0 radical (unpaired) electrons. The van der Waals surface area contributed by atoms with E-state index in [1.165, 1.54) is 5.56 Å². The van der Waals surface area contributed by atoms with E-state index in [0.29, 0.717) is 5.92 Å². The molecule has 0 aliphatic rings. The molecule has 1 aromatic rings. The van der Waals surface area contributed by atoms with Gasteiger partial charge >= 0.3 is 0 Å². The summed E-state index contributed by atoms with van der Waals surface area (Å²) in [6.07, 6.45) is 1.11. The largest absolute Gasteiger partial charge is 0.310 e. The second-order valence-electron chi connectivity index (χ2n) is 4.60. The standard InChI is InChI=1S/C14H22FN/c1-5-8-16-11(4)13-7-6-12(15)9-14(13)10(2)3/h6-7,9-11,16H,5,8H2,1-4H3. The van der Waals surface area contributed by atoms with Gasteiger partial charge in [0.2, 0.25) is 0 Å². The van der Waals surface area contributed by atoms with Gasteiger partial charge in [0.25, 0.3) is 0 Å². The molecular weight excluding hydrogens is 201 g/mol. The van der Waals surface area contributed by atoms with Crippen molar-refractivity contribution >= 4 is 0 Å². The number of hydrogen-bond acceptors (Lipinski definition) is 1. The predicted octanol–water partition coefficient (Wildman–Crippen LogP) is 4.01. The van der Waals surface area contributed by atoms with Crippen LogP contribution in [0.15, 0.2) is 18.2 Å². The fraction of sp³-hybridized carbons (Fsp3) is 0.571. The average Bonchev–Trinajstić information content (AvgIpc) is 2.25. The molecule has 1 nitrogen and oxygen atoms in total. The third kappa shape index (κ3) is 3.31. The van der Waals surface area contributed by atoms with E-state index in [0.717, 1.165) is 18.5 Å². The Labute approximate surface area is 98.1 Å². The van der Waals surface area contributed by atoms with Crippen LogP contribution in [-0.2, 0) is 0 Å². The molecule has 1 rings (SSSR count). The van der Waals surface area contributed by atoms with Gasteiger partial charge in [-0.1, -0.05) is 26.8 Å². The molecule has 1 atom stereocenters. The van der Waals surface area contributed by atoms with Crippen molar-refractivity contribution in [1.29, 1.82) is 0 Å². The van der Waals surface area contributed by atoms with E-state index in [4.69, 9.17) is 0 Å². The number of hydrogen-bond donors (Lipinski definition) is 1. The van der Waals surface area contributed by atoms with Gasteiger partial charge in [-0.2, -0.15) is 0 Å². The van der Waals surface area contributed by atoms with Gasteiger partial charge in [-0.25, -0.2) is 4.39 Å². The minimum Gasteiger partial charge on any atom is -0.310 e. The predicted molar refractivity (Wildman–Crippen MR) is 67.2 cm³/mol. The second kappa shape index (κ2) is 6.00. The first kappa shape index (κ1) is 13.2. The van der Waals surface area contributed by atoms with Gasteiger partial charge in [-0.05, 0) is 49.1 Å². The van der Waals surface area contributed by atoms with Crippen LogP contribution in [0.3, 0.4) is 0 Å². The summed E-state index contributed by atoms with van der Waals surface area (Å²) in [7, 11) is 0. The molecular formula is C14H22FN. The smallest absolute Gasteiger partial charge is 0.123 e. The molecule has 0 aliphatic heterocycles. The highest BCUT2D eigenvalue weighted by Crippen LogP contribution is 2.25. The van der Waals surface area contributed by atoms with Crippen LogP contribution >= 0.6 is 0 Å². The summed E-state index contributed by atoms with van der Waals surface area (Å²) in [5.74, 6) is 0.215. The maximum absolute atomic E-state index is 13.2. The Balaban J connectivity index is 2.93. The molecule has 0 spiro atoms. The SMILES string of the molecule is CCCNC(C)c1ccc(F)cc1C(C)C. The summed E-state index contributed by atoms with van der Waals surface area (Å²) >= 11 is 0. The highest BCUT2D eigenvalue weighted by atomic mass is 19.1. The van der Waals surface area contributed by atoms with E-state index in [-0.39, 0.29) is 11.9 Å². The molecule has 90 valence electrons. The van der Waals surface area contributed by atoms with Crippen molar-refractivity contribution in [3.05, 3.63) is 35.1 Å². The fourth-order valence-corrected chi connectivity index (χ4v) is 1.91. The first-order valence-corrected chi connectivity index (χ1v) is 6.09. The van der Waals surface area contributed by atoms with Crippen LogP contribution in [0.25, 0.3) is 0 Å². The minimum atomic E-state index is -0.143. The van der Waals surface area contributed by atoms with Gasteiger partial charge in [0.05, 0.1) is 0 Å². The zero-order valence-electron chi connectivity index (χ0n) is 10.7. The Hall–Kier alpha value is -0.890. The fourth-order valence-electron chi connectivity index (χ4n) is 1.91. The van der Waals surface area contributed by atoms with E-state index in [9.17, 15) is 4.39 Å². The summed E-state index contributed by atoms with van der Waals surface area (Å²) in [4.78, 5) is 0. The monoisotopic (exact) mass is 223 g/mol. The number of nitrogens with one attached hydrogen (secondary N) is 1. The van der Waals surface area contributed by atoms with Crippen LogP contribution in [0.1, 0.15) is 57.2 Å². The third-order valence-corrected chi connectivity index (χ3v) is 2.84. The first-order valence-electron chi connectivity index (χ1n) is 6.09. The van der Waals surface area contributed by atoms with E-state index in [1.54, 1.807) is 12.1 Å².